The van der Waals surface area contributed by atoms with E-state index in [0.29, 0.717) is 5.56 Å². The van der Waals surface area contributed by atoms with Gasteiger partial charge in [0.2, 0.25) is 0 Å². The Morgan fingerprint density at radius 3 is 2.88 bits per heavy atom. The predicted octanol–water partition coefficient (Wildman–Crippen LogP) is 2.92. The number of hydrogen-bond acceptors (Lipinski definition) is 2. The molecule has 1 heterocycles. The summed E-state index contributed by atoms with van der Waals surface area (Å²) in [5.41, 5.74) is 3.61. The average molecular weight is 230 g/mol. The van der Waals surface area contributed by atoms with Crippen molar-refractivity contribution in [1.82, 2.24) is 10.3 Å². The zero-order valence-corrected chi connectivity index (χ0v) is 10.00. The Labute approximate surface area is 101 Å². The number of rotatable bonds is 3. The first kappa shape index (κ1) is 11.7. The SMILES string of the molecule is CNCc1cncc(-c2cccc(F)c2C)c1. The van der Waals surface area contributed by atoms with Crippen LogP contribution in [0.4, 0.5) is 4.39 Å². The van der Waals surface area contributed by atoms with Crippen LogP contribution >= 0.6 is 0 Å². The van der Waals surface area contributed by atoms with Crippen molar-refractivity contribution in [2.75, 3.05) is 7.05 Å². The second-order valence-electron chi connectivity index (χ2n) is 4.02. The van der Waals surface area contributed by atoms with E-state index in [0.717, 1.165) is 23.2 Å². The monoisotopic (exact) mass is 230 g/mol. The Bertz CT molecular complexity index is 523. The Balaban J connectivity index is 2.45. The van der Waals surface area contributed by atoms with Crippen molar-refractivity contribution < 1.29 is 4.39 Å². The Hall–Kier alpha value is -1.74. The minimum Gasteiger partial charge on any atom is -0.316 e. The Kier molecular flexibility index (Phi) is 3.49. The molecule has 3 heteroatoms. The summed E-state index contributed by atoms with van der Waals surface area (Å²) < 4.78 is 13.5. The Morgan fingerprint density at radius 2 is 2.12 bits per heavy atom. The van der Waals surface area contributed by atoms with Crippen LogP contribution < -0.4 is 5.32 Å². The van der Waals surface area contributed by atoms with Gasteiger partial charge in [-0.2, -0.15) is 0 Å². The van der Waals surface area contributed by atoms with Crippen molar-refractivity contribution in [3.63, 3.8) is 0 Å². The molecule has 0 unspecified atom stereocenters. The molecule has 0 aliphatic rings. The molecule has 1 aromatic heterocycles. The molecule has 1 aromatic carbocycles. The fourth-order valence-corrected chi connectivity index (χ4v) is 1.86. The van der Waals surface area contributed by atoms with Crippen LogP contribution in [0.15, 0.2) is 36.7 Å². The number of benzene rings is 1. The van der Waals surface area contributed by atoms with Gasteiger partial charge in [-0.1, -0.05) is 12.1 Å². The third-order valence-electron chi connectivity index (χ3n) is 2.75. The van der Waals surface area contributed by atoms with Crippen molar-refractivity contribution in [2.45, 2.75) is 13.5 Å². The van der Waals surface area contributed by atoms with Crippen LogP contribution in [-0.2, 0) is 6.54 Å². The molecule has 0 bridgehead atoms. The summed E-state index contributed by atoms with van der Waals surface area (Å²) in [5, 5.41) is 3.07. The van der Waals surface area contributed by atoms with E-state index in [2.05, 4.69) is 10.3 Å². The minimum atomic E-state index is -0.179. The van der Waals surface area contributed by atoms with Gasteiger partial charge < -0.3 is 5.32 Å². The molecule has 0 saturated carbocycles. The van der Waals surface area contributed by atoms with Crippen LogP contribution in [0.2, 0.25) is 0 Å². The summed E-state index contributed by atoms with van der Waals surface area (Å²) in [6.45, 7) is 2.55. The lowest BCUT2D eigenvalue weighted by Crippen LogP contribution is -2.05. The van der Waals surface area contributed by atoms with Gasteiger partial charge in [-0.15, -0.1) is 0 Å². The lowest BCUT2D eigenvalue weighted by molar-refractivity contribution is 0.619. The van der Waals surface area contributed by atoms with Crippen LogP contribution in [0.3, 0.4) is 0 Å². The molecule has 0 atom stereocenters. The van der Waals surface area contributed by atoms with Gasteiger partial charge in [-0.3, -0.25) is 4.98 Å². The van der Waals surface area contributed by atoms with E-state index in [1.807, 2.05) is 25.4 Å². The fourth-order valence-electron chi connectivity index (χ4n) is 1.86. The molecule has 0 aliphatic carbocycles. The molecule has 0 saturated heterocycles. The third-order valence-corrected chi connectivity index (χ3v) is 2.75. The quantitative estimate of drug-likeness (QED) is 0.877. The largest absolute Gasteiger partial charge is 0.316 e. The van der Waals surface area contributed by atoms with E-state index in [-0.39, 0.29) is 5.82 Å². The molecule has 0 radical (unpaired) electrons. The highest BCUT2D eigenvalue weighted by atomic mass is 19.1. The van der Waals surface area contributed by atoms with Crippen LogP contribution in [0.25, 0.3) is 11.1 Å². The van der Waals surface area contributed by atoms with E-state index >= 15 is 0 Å². The van der Waals surface area contributed by atoms with E-state index in [1.165, 1.54) is 6.07 Å². The van der Waals surface area contributed by atoms with Gasteiger partial charge >= 0.3 is 0 Å². The highest BCUT2D eigenvalue weighted by Gasteiger charge is 2.06. The summed E-state index contributed by atoms with van der Waals surface area (Å²) in [6.07, 6.45) is 3.58. The van der Waals surface area contributed by atoms with E-state index in [1.54, 1.807) is 19.2 Å². The van der Waals surface area contributed by atoms with Crippen LogP contribution in [0.1, 0.15) is 11.1 Å². The standard InChI is InChI=1S/C14H15FN2/c1-10-13(4-3-5-14(10)15)12-6-11(7-16-2)8-17-9-12/h3-6,8-9,16H,7H2,1-2H3. The van der Waals surface area contributed by atoms with Gasteiger partial charge in [0.15, 0.2) is 0 Å². The number of hydrogen-bond donors (Lipinski definition) is 1. The van der Waals surface area contributed by atoms with Gasteiger partial charge in [0, 0.05) is 24.5 Å². The molecule has 2 aromatic rings. The summed E-state index contributed by atoms with van der Waals surface area (Å²) in [7, 11) is 1.89. The highest BCUT2D eigenvalue weighted by Crippen LogP contribution is 2.24. The Morgan fingerprint density at radius 1 is 1.29 bits per heavy atom. The molecule has 88 valence electrons. The number of halogens is 1. The minimum absolute atomic E-state index is 0.179. The van der Waals surface area contributed by atoms with Gasteiger partial charge in [-0.25, -0.2) is 4.39 Å². The number of nitrogens with zero attached hydrogens (tertiary/aromatic N) is 1. The molecule has 0 amide bonds. The predicted molar refractivity (Wildman–Crippen MR) is 67.1 cm³/mol. The normalized spacial score (nSPS) is 10.5. The van der Waals surface area contributed by atoms with Gasteiger partial charge in [-0.05, 0) is 42.8 Å². The van der Waals surface area contributed by atoms with Gasteiger partial charge in [0.1, 0.15) is 5.82 Å². The van der Waals surface area contributed by atoms with Crippen molar-refractivity contribution in [3.05, 3.63) is 53.6 Å². The summed E-state index contributed by atoms with van der Waals surface area (Å²) >= 11 is 0. The first-order valence-electron chi connectivity index (χ1n) is 5.56. The van der Waals surface area contributed by atoms with E-state index in [4.69, 9.17) is 0 Å². The van der Waals surface area contributed by atoms with E-state index < -0.39 is 0 Å². The molecular formula is C14H15FN2. The van der Waals surface area contributed by atoms with Gasteiger partial charge in [0.25, 0.3) is 0 Å². The maximum atomic E-state index is 13.5. The molecule has 0 spiro atoms. The molecule has 0 aliphatic heterocycles. The molecule has 0 fully saturated rings. The van der Waals surface area contributed by atoms with Crippen molar-refractivity contribution in [1.29, 1.82) is 0 Å². The molecule has 17 heavy (non-hydrogen) atoms. The lowest BCUT2D eigenvalue weighted by Gasteiger charge is -2.08. The molecule has 1 N–H and O–H groups in total. The summed E-state index contributed by atoms with van der Waals surface area (Å²) in [6, 6.07) is 7.15. The van der Waals surface area contributed by atoms with Gasteiger partial charge in [0.05, 0.1) is 0 Å². The average Bonchev–Trinajstić information content (AvgIpc) is 2.33. The highest BCUT2D eigenvalue weighted by molar-refractivity contribution is 5.66. The van der Waals surface area contributed by atoms with Crippen LogP contribution in [0, 0.1) is 12.7 Å². The maximum absolute atomic E-state index is 13.5. The third kappa shape index (κ3) is 2.50. The van der Waals surface area contributed by atoms with Crippen LogP contribution in [0.5, 0.6) is 0 Å². The molecule has 2 rings (SSSR count). The van der Waals surface area contributed by atoms with Crippen molar-refractivity contribution in [3.8, 4) is 11.1 Å². The topological polar surface area (TPSA) is 24.9 Å². The summed E-state index contributed by atoms with van der Waals surface area (Å²) in [5.74, 6) is -0.179. The zero-order chi connectivity index (χ0) is 12.3. The van der Waals surface area contributed by atoms with Crippen molar-refractivity contribution in [2.24, 2.45) is 0 Å². The smallest absolute Gasteiger partial charge is 0.126 e. The number of pyridine rings is 1. The first-order chi connectivity index (χ1) is 8.22. The molecular weight excluding hydrogens is 215 g/mol. The second kappa shape index (κ2) is 5.06. The van der Waals surface area contributed by atoms with Crippen molar-refractivity contribution >= 4 is 0 Å². The number of nitrogens with one attached hydrogen (secondary N) is 1. The number of aromatic nitrogens is 1. The zero-order valence-electron chi connectivity index (χ0n) is 10.00. The lowest BCUT2D eigenvalue weighted by atomic mass is 10.0. The molecule has 2 nitrogen and oxygen atoms in total. The fraction of sp³-hybridized carbons (Fsp3) is 0.214. The maximum Gasteiger partial charge on any atom is 0.126 e. The van der Waals surface area contributed by atoms with Crippen LogP contribution in [-0.4, -0.2) is 12.0 Å². The van der Waals surface area contributed by atoms with E-state index in [9.17, 15) is 4.39 Å². The summed E-state index contributed by atoms with van der Waals surface area (Å²) in [4.78, 5) is 4.19. The first-order valence-corrected chi connectivity index (χ1v) is 5.56. The second-order valence-corrected chi connectivity index (χ2v) is 4.02.